The normalized spacial score (nSPS) is 8.91. The smallest absolute Gasteiger partial charge is 0.0494 e. The van der Waals surface area contributed by atoms with E-state index in [9.17, 15) is 0 Å². The Labute approximate surface area is 78.0 Å². The van der Waals surface area contributed by atoms with Crippen LogP contribution in [0.2, 0.25) is 0 Å². The second-order valence-corrected chi connectivity index (χ2v) is 2.55. The number of hydrogen-bond donors (Lipinski definition) is 1. The monoisotopic (exact) mass is 191 g/mol. The lowest BCUT2D eigenvalue weighted by molar-refractivity contribution is 1.35. The minimum absolute atomic E-state index is 0. The van der Waals surface area contributed by atoms with E-state index in [4.69, 9.17) is 17.3 Å². The molecule has 0 unspecified atom stereocenters. The molecule has 0 saturated carbocycles. The Morgan fingerprint density at radius 3 is 2.55 bits per heavy atom. The summed E-state index contributed by atoms with van der Waals surface area (Å²) >= 11 is 5.62. The highest BCUT2D eigenvalue weighted by molar-refractivity contribution is 6.17. The van der Waals surface area contributed by atoms with Crippen molar-refractivity contribution in [3.05, 3.63) is 29.3 Å². The molecule has 0 bridgehead atoms. The van der Waals surface area contributed by atoms with E-state index in [0.717, 1.165) is 16.8 Å². The molecule has 0 radical (unpaired) electrons. The van der Waals surface area contributed by atoms with Gasteiger partial charge in [0, 0.05) is 11.6 Å². The number of hydrogen-bond acceptors (Lipinski definition) is 1. The summed E-state index contributed by atoms with van der Waals surface area (Å²) in [5, 5.41) is 0. The summed E-state index contributed by atoms with van der Waals surface area (Å²) in [5.41, 5.74) is 8.64. The zero-order chi connectivity index (χ0) is 7.56. The van der Waals surface area contributed by atoms with Crippen molar-refractivity contribution in [2.75, 3.05) is 5.73 Å². The predicted octanol–water partition coefficient (Wildman–Crippen LogP) is 2.74. The first-order valence-corrected chi connectivity index (χ1v) is 3.69. The van der Waals surface area contributed by atoms with Gasteiger partial charge < -0.3 is 5.73 Å². The first-order valence-electron chi connectivity index (χ1n) is 3.15. The molecule has 1 aromatic rings. The summed E-state index contributed by atoms with van der Waals surface area (Å²) in [4.78, 5) is 0. The second-order valence-electron chi connectivity index (χ2n) is 2.28. The molecule has 0 heterocycles. The number of para-hydroxylation sites is 1. The lowest BCUT2D eigenvalue weighted by Gasteiger charge is -2.03. The molecule has 0 fully saturated rings. The third-order valence-corrected chi connectivity index (χ3v) is 1.85. The SMILES string of the molecule is Cc1cccc(CCl)c1N.Cl. The zero-order valence-corrected chi connectivity index (χ0v) is 7.88. The second kappa shape index (κ2) is 4.47. The molecule has 1 nitrogen and oxygen atoms in total. The summed E-state index contributed by atoms with van der Waals surface area (Å²) in [6.45, 7) is 1.98. The largest absolute Gasteiger partial charge is 0.398 e. The Kier molecular flexibility index (Phi) is 4.31. The van der Waals surface area contributed by atoms with Crippen molar-refractivity contribution < 1.29 is 0 Å². The molecule has 0 aliphatic rings. The Morgan fingerprint density at radius 2 is 2.09 bits per heavy atom. The lowest BCUT2D eigenvalue weighted by atomic mass is 10.1. The van der Waals surface area contributed by atoms with E-state index in [-0.39, 0.29) is 12.4 Å². The van der Waals surface area contributed by atoms with Gasteiger partial charge >= 0.3 is 0 Å². The predicted molar refractivity (Wildman–Crippen MR) is 52.4 cm³/mol. The molecule has 62 valence electrons. The fraction of sp³-hybridized carbons (Fsp3) is 0.250. The van der Waals surface area contributed by atoms with Crippen LogP contribution in [0.3, 0.4) is 0 Å². The summed E-state index contributed by atoms with van der Waals surface area (Å²) in [6.07, 6.45) is 0. The van der Waals surface area contributed by atoms with Gasteiger partial charge in [-0.1, -0.05) is 18.2 Å². The maximum absolute atomic E-state index is 5.71. The van der Waals surface area contributed by atoms with Gasteiger partial charge in [0.25, 0.3) is 0 Å². The zero-order valence-electron chi connectivity index (χ0n) is 6.30. The van der Waals surface area contributed by atoms with Crippen LogP contribution in [0, 0.1) is 6.92 Å². The quantitative estimate of drug-likeness (QED) is 0.537. The number of aryl methyl sites for hydroxylation is 1. The molecule has 2 N–H and O–H groups in total. The Hall–Kier alpha value is -0.400. The van der Waals surface area contributed by atoms with Crippen molar-refractivity contribution in [3.63, 3.8) is 0 Å². The highest BCUT2D eigenvalue weighted by atomic mass is 35.5. The van der Waals surface area contributed by atoms with Crippen molar-refractivity contribution in [2.45, 2.75) is 12.8 Å². The minimum Gasteiger partial charge on any atom is -0.398 e. The molecule has 3 heteroatoms. The van der Waals surface area contributed by atoms with Gasteiger partial charge in [0.2, 0.25) is 0 Å². The molecule has 0 aliphatic carbocycles. The van der Waals surface area contributed by atoms with Crippen LogP contribution in [0.5, 0.6) is 0 Å². The fourth-order valence-corrected chi connectivity index (χ4v) is 1.09. The van der Waals surface area contributed by atoms with Crippen molar-refractivity contribution in [1.29, 1.82) is 0 Å². The fourth-order valence-electron chi connectivity index (χ4n) is 0.858. The van der Waals surface area contributed by atoms with E-state index < -0.39 is 0 Å². The van der Waals surface area contributed by atoms with Crippen molar-refractivity contribution in [2.24, 2.45) is 0 Å². The molecule has 0 spiro atoms. The minimum atomic E-state index is 0. The number of rotatable bonds is 1. The van der Waals surface area contributed by atoms with Crippen LogP contribution >= 0.6 is 24.0 Å². The molecule has 1 aromatic carbocycles. The van der Waals surface area contributed by atoms with E-state index in [1.54, 1.807) is 0 Å². The highest BCUT2D eigenvalue weighted by Crippen LogP contribution is 2.17. The Bertz CT molecular complexity index is 236. The number of anilines is 1. The van der Waals surface area contributed by atoms with Crippen LogP contribution in [-0.4, -0.2) is 0 Å². The molecule has 0 atom stereocenters. The van der Waals surface area contributed by atoms with E-state index in [2.05, 4.69) is 0 Å². The number of benzene rings is 1. The van der Waals surface area contributed by atoms with Gasteiger partial charge in [0.05, 0.1) is 0 Å². The van der Waals surface area contributed by atoms with Crippen molar-refractivity contribution in [3.8, 4) is 0 Å². The summed E-state index contributed by atoms with van der Waals surface area (Å²) < 4.78 is 0. The molecular formula is C8H11Cl2N. The van der Waals surface area contributed by atoms with Crippen LogP contribution in [0.15, 0.2) is 18.2 Å². The average Bonchev–Trinajstić information content (AvgIpc) is 1.95. The first kappa shape index (κ1) is 10.6. The third kappa shape index (κ3) is 2.28. The van der Waals surface area contributed by atoms with Crippen LogP contribution in [0.4, 0.5) is 5.69 Å². The van der Waals surface area contributed by atoms with Gasteiger partial charge in [-0.15, -0.1) is 24.0 Å². The first-order chi connectivity index (χ1) is 4.75. The number of alkyl halides is 1. The Morgan fingerprint density at radius 1 is 1.45 bits per heavy atom. The van der Waals surface area contributed by atoms with Gasteiger partial charge in [0.15, 0.2) is 0 Å². The topological polar surface area (TPSA) is 26.0 Å². The van der Waals surface area contributed by atoms with Crippen LogP contribution in [0.1, 0.15) is 11.1 Å². The van der Waals surface area contributed by atoms with Gasteiger partial charge in [-0.3, -0.25) is 0 Å². The lowest BCUT2D eigenvalue weighted by Crippen LogP contribution is -1.93. The van der Waals surface area contributed by atoms with Gasteiger partial charge in [-0.25, -0.2) is 0 Å². The molecule has 0 saturated heterocycles. The summed E-state index contributed by atoms with van der Waals surface area (Å²) in [5.74, 6) is 0.494. The van der Waals surface area contributed by atoms with E-state index in [1.165, 1.54) is 0 Å². The number of nitrogen functional groups attached to an aromatic ring is 1. The number of nitrogens with two attached hydrogens (primary N) is 1. The van der Waals surface area contributed by atoms with Crippen LogP contribution < -0.4 is 5.73 Å². The molecular weight excluding hydrogens is 181 g/mol. The summed E-state index contributed by atoms with van der Waals surface area (Å²) in [7, 11) is 0. The average molecular weight is 192 g/mol. The van der Waals surface area contributed by atoms with E-state index >= 15 is 0 Å². The van der Waals surface area contributed by atoms with Crippen LogP contribution in [-0.2, 0) is 5.88 Å². The maximum Gasteiger partial charge on any atom is 0.0494 e. The molecule has 0 aromatic heterocycles. The molecule has 11 heavy (non-hydrogen) atoms. The molecule has 0 aliphatic heterocycles. The van der Waals surface area contributed by atoms with Crippen molar-refractivity contribution in [1.82, 2.24) is 0 Å². The standard InChI is InChI=1S/C8H10ClN.ClH/c1-6-3-2-4-7(5-9)8(6)10;/h2-4H,5,10H2,1H3;1H. The highest BCUT2D eigenvalue weighted by Gasteiger charge is 1.97. The van der Waals surface area contributed by atoms with E-state index in [0.29, 0.717) is 5.88 Å². The van der Waals surface area contributed by atoms with Gasteiger partial charge in [-0.05, 0) is 18.1 Å². The van der Waals surface area contributed by atoms with E-state index in [1.807, 2.05) is 25.1 Å². The maximum atomic E-state index is 5.71. The molecule has 0 amide bonds. The molecule has 1 rings (SSSR count). The van der Waals surface area contributed by atoms with Gasteiger partial charge in [0.1, 0.15) is 0 Å². The van der Waals surface area contributed by atoms with Gasteiger partial charge in [-0.2, -0.15) is 0 Å². The summed E-state index contributed by atoms with van der Waals surface area (Å²) in [6, 6.07) is 5.88. The van der Waals surface area contributed by atoms with Crippen molar-refractivity contribution >= 4 is 29.7 Å². The Balaban J connectivity index is 0.000001000. The third-order valence-electron chi connectivity index (χ3n) is 1.56. The van der Waals surface area contributed by atoms with Crippen LogP contribution in [0.25, 0.3) is 0 Å². The number of halogens is 2.